The van der Waals surface area contributed by atoms with Crippen LogP contribution in [-0.2, 0) is 4.79 Å². The number of para-hydroxylation sites is 1. The van der Waals surface area contributed by atoms with Crippen molar-refractivity contribution < 1.29 is 19.4 Å². The Labute approximate surface area is 112 Å². The zero-order valence-electron chi connectivity index (χ0n) is 11.0. The van der Waals surface area contributed by atoms with Crippen LogP contribution in [0.2, 0.25) is 0 Å². The maximum Gasteiger partial charge on any atom is 0.325 e. The number of hydrogen-bond acceptors (Lipinski definition) is 4. The van der Waals surface area contributed by atoms with Gasteiger partial charge in [0.05, 0.1) is 13.2 Å². The minimum Gasteiger partial charge on any atom is -0.493 e. The first-order chi connectivity index (χ1) is 9.13. The van der Waals surface area contributed by atoms with Crippen LogP contribution >= 0.6 is 0 Å². The predicted octanol–water partition coefficient (Wildman–Crippen LogP) is 2.10. The van der Waals surface area contributed by atoms with Gasteiger partial charge in [-0.3, -0.25) is 4.79 Å². The maximum absolute atomic E-state index is 11.1. The molecule has 5 nitrogen and oxygen atoms in total. The molecule has 0 saturated heterocycles. The van der Waals surface area contributed by atoms with E-state index in [1.807, 2.05) is 0 Å². The van der Waals surface area contributed by atoms with Crippen molar-refractivity contribution in [3.63, 3.8) is 0 Å². The topological polar surface area (TPSA) is 81.8 Å². The van der Waals surface area contributed by atoms with Crippen molar-refractivity contribution in [1.29, 1.82) is 0 Å². The van der Waals surface area contributed by atoms with E-state index in [1.165, 1.54) is 7.11 Å². The molecule has 0 aliphatic heterocycles. The molecule has 5 heteroatoms. The van der Waals surface area contributed by atoms with Gasteiger partial charge in [-0.15, -0.1) is 0 Å². The van der Waals surface area contributed by atoms with Crippen LogP contribution in [0.15, 0.2) is 18.2 Å². The molecule has 1 aromatic rings. The summed E-state index contributed by atoms with van der Waals surface area (Å²) in [6.45, 7) is 0. The first-order valence-electron chi connectivity index (χ1n) is 6.45. The number of rotatable bonds is 5. The monoisotopic (exact) mass is 265 g/mol. The average molecular weight is 265 g/mol. The minimum absolute atomic E-state index is 0.121. The Kier molecular flexibility index (Phi) is 4.27. The van der Waals surface area contributed by atoms with E-state index in [1.54, 1.807) is 18.2 Å². The molecule has 104 valence electrons. The molecule has 19 heavy (non-hydrogen) atoms. The molecule has 1 fully saturated rings. The molecule has 1 aliphatic rings. The second-order valence-corrected chi connectivity index (χ2v) is 4.72. The Morgan fingerprint density at radius 2 is 2.11 bits per heavy atom. The van der Waals surface area contributed by atoms with Gasteiger partial charge >= 0.3 is 5.97 Å². The lowest BCUT2D eigenvalue weighted by Crippen LogP contribution is -2.23. The summed E-state index contributed by atoms with van der Waals surface area (Å²) in [5.41, 5.74) is 6.16. The highest BCUT2D eigenvalue weighted by atomic mass is 16.5. The van der Waals surface area contributed by atoms with Gasteiger partial charge in [0.15, 0.2) is 11.5 Å². The number of ether oxygens (including phenoxy) is 2. The lowest BCUT2D eigenvalue weighted by molar-refractivity contribution is -0.138. The fourth-order valence-electron chi connectivity index (χ4n) is 2.37. The number of benzene rings is 1. The number of nitrogens with two attached hydrogens (primary N) is 1. The quantitative estimate of drug-likeness (QED) is 0.852. The van der Waals surface area contributed by atoms with Crippen LogP contribution in [0.4, 0.5) is 0 Å². The Morgan fingerprint density at radius 3 is 2.68 bits per heavy atom. The third-order valence-corrected chi connectivity index (χ3v) is 3.42. The third-order valence-electron chi connectivity index (χ3n) is 3.42. The van der Waals surface area contributed by atoms with Gasteiger partial charge in [0, 0.05) is 5.56 Å². The molecule has 0 radical (unpaired) electrons. The van der Waals surface area contributed by atoms with E-state index >= 15 is 0 Å². The molecule has 0 aromatic heterocycles. The zero-order chi connectivity index (χ0) is 13.8. The van der Waals surface area contributed by atoms with Crippen molar-refractivity contribution in [1.82, 2.24) is 0 Å². The summed E-state index contributed by atoms with van der Waals surface area (Å²) in [6.07, 6.45) is 4.37. The van der Waals surface area contributed by atoms with Gasteiger partial charge in [-0.25, -0.2) is 0 Å². The summed E-state index contributed by atoms with van der Waals surface area (Å²) in [5.74, 6) is -0.0857. The van der Waals surface area contributed by atoms with Crippen LogP contribution in [0.1, 0.15) is 37.3 Å². The highest BCUT2D eigenvalue weighted by Crippen LogP contribution is 2.37. The maximum atomic E-state index is 11.1. The Hall–Kier alpha value is -1.75. The van der Waals surface area contributed by atoms with Crippen LogP contribution in [0, 0.1) is 0 Å². The van der Waals surface area contributed by atoms with Crippen LogP contribution in [0.5, 0.6) is 11.5 Å². The zero-order valence-corrected chi connectivity index (χ0v) is 11.0. The van der Waals surface area contributed by atoms with Crippen LogP contribution in [0.3, 0.4) is 0 Å². The first-order valence-corrected chi connectivity index (χ1v) is 6.45. The number of aliphatic carboxylic acids is 1. The number of hydrogen-bond donors (Lipinski definition) is 2. The molecule has 1 aliphatic carbocycles. The van der Waals surface area contributed by atoms with E-state index in [-0.39, 0.29) is 6.10 Å². The van der Waals surface area contributed by atoms with E-state index in [0.717, 1.165) is 25.7 Å². The highest BCUT2D eigenvalue weighted by Gasteiger charge is 2.25. The number of carboxylic acids is 1. The van der Waals surface area contributed by atoms with Crippen molar-refractivity contribution in [3.05, 3.63) is 23.8 Å². The normalized spacial score (nSPS) is 17.2. The Bertz CT molecular complexity index is 455. The second-order valence-electron chi connectivity index (χ2n) is 4.72. The standard InChI is InChI=1S/C14H19NO4/c1-18-11-8-4-7-10(12(15)14(16)17)13(11)19-9-5-2-3-6-9/h4,7-9,12H,2-3,5-6,15H2,1H3,(H,16,17). The van der Waals surface area contributed by atoms with E-state index in [2.05, 4.69) is 0 Å². The lowest BCUT2D eigenvalue weighted by atomic mass is 10.1. The van der Waals surface area contributed by atoms with Gasteiger partial charge in [0.2, 0.25) is 0 Å². The molecular weight excluding hydrogens is 246 g/mol. The smallest absolute Gasteiger partial charge is 0.325 e. The molecule has 1 unspecified atom stereocenters. The largest absolute Gasteiger partial charge is 0.493 e. The molecule has 0 bridgehead atoms. The summed E-state index contributed by atoms with van der Waals surface area (Å²) in [7, 11) is 1.53. The van der Waals surface area contributed by atoms with Gasteiger partial charge in [0.25, 0.3) is 0 Å². The average Bonchev–Trinajstić information content (AvgIpc) is 2.91. The van der Waals surface area contributed by atoms with Crippen molar-refractivity contribution in [2.24, 2.45) is 5.73 Å². The Balaban J connectivity index is 2.33. The van der Waals surface area contributed by atoms with Crippen LogP contribution in [0.25, 0.3) is 0 Å². The van der Waals surface area contributed by atoms with Crippen molar-refractivity contribution in [2.45, 2.75) is 37.8 Å². The SMILES string of the molecule is COc1cccc(C(N)C(=O)O)c1OC1CCCC1. The molecule has 0 amide bonds. The highest BCUT2D eigenvalue weighted by molar-refractivity contribution is 5.77. The van der Waals surface area contributed by atoms with Crippen molar-refractivity contribution in [3.8, 4) is 11.5 Å². The van der Waals surface area contributed by atoms with Gasteiger partial charge in [-0.05, 0) is 31.7 Å². The fraction of sp³-hybridized carbons (Fsp3) is 0.500. The van der Waals surface area contributed by atoms with E-state index in [4.69, 9.17) is 20.3 Å². The molecule has 1 aromatic carbocycles. The van der Waals surface area contributed by atoms with Gasteiger partial charge in [-0.2, -0.15) is 0 Å². The van der Waals surface area contributed by atoms with Gasteiger partial charge < -0.3 is 20.3 Å². The molecule has 0 heterocycles. The second kappa shape index (κ2) is 5.93. The van der Waals surface area contributed by atoms with E-state index < -0.39 is 12.0 Å². The number of carbonyl (C=O) groups is 1. The number of carboxylic acid groups (broad SMARTS) is 1. The molecule has 0 spiro atoms. The summed E-state index contributed by atoms with van der Waals surface area (Å²) >= 11 is 0. The molecular formula is C14H19NO4. The summed E-state index contributed by atoms with van der Waals surface area (Å²) in [4.78, 5) is 11.1. The van der Waals surface area contributed by atoms with Crippen molar-refractivity contribution in [2.75, 3.05) is 7.11 Å². The van der Waals surface area contributed by atoms with Crippen molar-refractivity contribution >= 4 is 5.97 Å². The summed E-state index contributed by atoms with van der Waals surface area (Å²) < 4.78 is 11.2. The van der Waals surface area contributed by atoms with Crippen LogP contribution < -0.4 is 15.2 Å². The lowest BCUT2D eigenvalue weighted by Gasteiger charge is -2.20. The number of methoxy groups -OCH3 is 1. The van der Waals surface area contributed by atoms with Gasteiger partial charge in [-0.1, -0.05) is 12.1 Å². The minimum atomic E-state index is -1.11. The third kappa shape index (κ3) is 2.98. The van der Waals surface area contributed by atoms with E-state index in [9.17, 15) is 4.79 Å². The molecule has 1 atom stereocenters. The Morgan fingerprint density at radius 1 is 1.42 bits per heavy atom. The summed E-state index contributed by atoms with van der Waals surface area (Å²) in [5, 5.41) is 9.06. The van der Waals surface area contributed by atoms with E-state index in [0.29, 0.717) is 17.1 Å². The molecule has 2 rings (SSSR count). The van der Waals surface area contributed by atoms with Gasteiger partial charge in [0.1, 0.15) is 6.04 Å². The fourth-order valence-corrected chi connectivity index (χ4v) is 2.37. The predicted molar refractivity (Wildman–Crippen MR) is 70.4 cm³/mol. The summed E-state index contributed by atoms with van der Waals surface area (Å²) in [6, 6.07) is 4.04. The molecule has 1 saturated carbocycles. The molecule has 3 N–H and O–H groups in total. The first kappa shape index (κ1) is 13.7. The van der Waals surface area contributed by atoms with Crippen LogP contribution in [-0.4, -0.2) is 24.3 Å².